The van der Waals surface area contributed by atoms with E-state index in [4.69, 9.17) is 10.6 Å². The average molecular weight is 290 g/mol. The quantitative estimate of drug-likeness (QED) is 0.639. The Labute approximate surface area is 129 Å². The van der Waals surface area contributed by atoms with Crippen LogP contribution >= 0.6 is 0 Å². The highest BCUT2D eigenvalue weighted by atomic mass is 16.5. The molecule has 1 aliphatic rings. The third-order valence-corrected chi connectivity index (χ3v) is 4.99. The smallest absolute Gasteiger partial charge is 0.0889 e. The number of hydrogen-bond donors (Lipinski definition) is 2. The molecule has 0 aliphatic heterocycles. The van der Waals surface area contributed by atoms with E-state index in [1.807, 2.05) is 0 Å². The molecule has 0 spiro atoms. The van der Waals surface area contributed by atoms with Crippen LogP contribution in [0.5, 0.6) is 0 Å². The largest absolute Gasteiger partial charge is 0.373 e. The molecule has 1 aromatic carbocycles. The first-order chi connectivity index (χ1) is 9.92. The predicted octanol–water partition coefficient (Wildman–Crippen LogP) is 3.87. The fraction of sp³-hybridized carbons (Fsp3) is 0.667. The van der Waals surface area contributed by atoms with Crippen molar-refractivity contribution in [1.29, 1.82) is 0 Å². The molecule has 1 fully saturated rings. The summed E-state index contributed by atoms with van der Waals surface area (Å²) in [6.45, 7) is 9.60. The lowest BCUT2D eigenvalue weighted by atomic mass is 9.67. The molecular formula is C18H30N2O. The number of rotatable bonds is 5. The van der Waals surface area contributed by atoms with Gasteiger partial charge in [0, 0.05) is 6.61 Å². The van der Waals surface area contributed by atoms with Crippen LogP contribution in [0, 0.1) is 12.3 Å². The molecular weight excluding hydrogens is 260 g/mol. The van der Waals surface area contributed by atoms with E-state index in [1.54, 1.807) is 0 Å². The molecule has 2 rings (SSSR count). The van der Waals surface area contributed by atoms with Crippen LogP contribution in [0.3, 0.4) is 0 Å². The van der Waals surface area contributed by atoms with Crippen molar-refractivity contribution in [2.75, 3.05) is 6.61 Å². The van der Waals surface area contributed by atoms with E-state index in [1.165, 1.54) is 24.0 Å². The highest BCUT2D eigenvalue weighted by Gasteiger charge is 2.45. The molecule has 0 amide bonds. The molecule has 1 atom stereocenters. The Bertz CT molecular complexity index is 443. The Morgan fingerprint density at radius 3 is 2.19 bits per heavy atom. The number of nitrogens with one attached hydrogen (secondary N) is 1. The zero-order valence-electron chi connectivity index (χ0n) is 13.9. The van der Waals surface area contributed by atoms with Crippen LogP contribution in [0.1, 0.15) is 63.6 Å². The summed E-state index contributed by atoms with van der Waals surface area (Å²) < 4.78 is 6.26. The molecule has 1 unspecified atom stereocenters. The summed E-state index contributed by atoms with van der Waals surface area (Å²) in [4.78, 5) is 0. The zero-order valence-corrected chi connectivity index (χ0v) is 13.9. The second kappa shape index (κ2) is 6.47. The van der Waals surface area contributed by atoms with Gasteiger partial charge in [0.1, 0.15) is 0 Å². The molecule has 3 N–H and O–H groups in total. The van der Waals surface area contributed by atoms with Gasteiger partial charge in [-0.15, -0.1) is 0 Å². The van der Waals surface area contributed by atoms with Crippen LogP contribution in [-0.2, 0) is 4.74 Å². The summed E-state index contributed by atoms with van der Waals surface area (Å²) in [5, 5.41) is 0. The number of benzene rings is 1. The molecule has 1 saturated carbocycles. The maximum absolute atomic E-state index is 6.26. The summed E-state index contributed by atoms with van der Waals surface area (Å²) in [6, 6.07) is 8.67. The van der Waals surface area contributed by atoms with E-state index in [2.05, 4.69) is 57.4 Å². The number of nitrogens with two attached hydrogens (primary N) is 1. The first-order valence-electron chi connectivity index (χ1n) is 8.09. The van der Waals surface area contributed by atoms with Gasteiger partial charge in [-0.05, 0) is 50.5 Å². The minimum absolute atomic E-state index is 0.0501. The van der Waals surface area contributed by atoms with Gasteiger partial charge < -0.3 is 4.74 Å². The summed E-state index contributed by atoms with van der Waals surface area (Å²) in [5.41, 5.74) is 5.75. The van der Waals surface area contributed by atoms with Crippen molar-refractivity contribution in [2.45, 2.75) is 65.0 Å². The van der Waals surface area contributed by atoms with Gasteiger partial charge in [0.25, 0.3) is 0 Å². The summed E-state index contributed by atoms with van der Waals surface area (Å²) in [5.74, 6) is 5.93. The van der Waals surface area contributed by atoms with E-state index in [9.17, 15) is 0 Å². The number of aryl methyl sites for hydroxylation is 1. The fourth-order valence-corrected chi connectivity index (χ4v) is 3.46. The molecule has 21 heavy (non-hydrogen) atoms. The van der Waals surface area contributed by atoms with Crippen molar-refractivity contribution in [3.05, 3.63) is 35.4 Å². The van der Waals surface area contributed by atoms with E-state index < -0.39 is 0 Å². The van der Waals surface area contributed by atoms with Crippen molar-refractivity contribution in [3.63, 3.8) is 0 Å². The number of hydrogen-bond acceptors (Lipinski definition) is 3. The minimum Gasteiger partial charge on any atom is -0.373 e. The molecule has 118 valence electrons. The fourth-order valence-electron chi connectivity index (χ4n) is 3.46. The van der Waals surface area contributed by atoms with E-state index >= 15 is 0 Å². The number of ether oxygens (including phenoxy) is 1. The summed E-state index contributed by atoms with van der Waals surface area (Å²) >= 11 is 0. The van der Waals surface area contributed by atoms with Gasteiger partial charge in [-0.3, -0.25) is 11.3 Å². The third kappa shape index (κ3) is 3.65. The summed E-state index contributed by atoms with van der Waals surface area (Å²) in [7, 11) is 0. The van der Waals surface area contributed by atoms with Crippen molar-refractivity contribution in [1.82, 2.24) is 5.43 Å². The Hall–Kier alpha value is -0.900. The first-order valence-corrected chi connectivity index (χ1v) is 8.09. The van der Waals surface area contributed by atoms with Crippen LogP contribution in [-0.4, -0.2) is 12.2 Å². The highest BCUT2D eigenvalue weighted by molar-refractivity contribution is 5.27. The molecule has 1 aliphatic carbocycles. The maximum Gasteiger partial charge on any atom is 0.0889 e. The topological polar surface area (TPSA) is 47.3 Å². The van der Waals surface area contributed by atoms with E-state index in [0.717, 1.165) is 19.4 Å². The lowest BCUT2D eigenvalue weighted by Crippen LogP contribution is -2.51. The lowest BCUT2D eigenvalue weighted by Gasteiger charge is -2.47. The average Bonchev–Trinajstić information content (AvgIpc) is 2.45. The SMILES string of the molecule is CCOC1(C(NN)c2ccc(C)cc2)CCC(C)(C)CC1. The van der Waals surface area contributed by atoms with Gasteiger partial charge in [0.2, 0.25) is 0 Å². The standard InChI is InChI=1S/C18H30N2O/c1-5-21-18(12-10-17(3,4)11-13-18)16(20-19)15-8-6-14(2)7-9-15/h6-9,16,20H,5,10-13,19H2,1-4H3. The predicted molar refractivity (Wildman–Crippen MR) is 87.8 cm³/mol. The Morgan fingerprint density at radius 1 is 1.14 bits per heavy atom. The maximum atomic E-state index is 6.26. The molecule has 0 aromatic heterocycles. The molecule has 3 nitrogen and oxygen atoms in total. The Morgan fingerprint density at radius 2 is 1.71 bits per heavy atom. The number of hydrazine groups is 1. The van der Waals surface area contributed by atoms with Gasteiger partial charge in [-0.2, -0.15) is 0 Å². The highest BCUT2D eigenvalue weighted by Crippen LogP contribution is 2.47. The molecule has 0 bridgehead atoms. The van der Waals surface area contributed by atoms with E-state index in [-0.39, 0.29) is 11.6 Å². The second-order valence-electron chi connectivity index (χ2n) is 7.17. The van der Waals surface area contributed by atoms with Crippen LogP contribution in [0.15, 0.2) is 24.3 Å². The molecule has 0 radical (unpaired) electrons. The Balaban J connectivity index is 2.28. The van der Waals surface area contributed by atoms with Gasteiger partial charge in [0.15, 0.2) is 0 Å². The summed E-state index contributed by atoms with van der Waals surface area (Å²) in [6.07, 6.45) is 4.46. The minimum atomic E-state index is -0.186. The third-order valence-electron chi connectivity index (χ3n) is 4.99. The van der Waals surface area contributed by atoms with Gasteiger partial charge in [-0.1, -0.05) is 43.7 Å². The van der Waals surface area contributed by atoms with Crippen molar-refractivity contribution in [3.8, 4) is 0 Å². The second-order valence-corrected chi connectivity index (χ2v) is 7.17. The van der Waals surface area contributed by atoms with Gasteiger partial charge >= 0.3 is 0 Å². The van der Waals surface area contributed by atoms with Crippen molar-refractivity contribution < 1.29 is 4.74 Å². The van der Waals surface area contributed by atoms with Gasteiger partial charge in [-0.25, -0.2) is 0 Å². The van der Waals surface area contributed by atoms with Crippen LogP contribution < -0.4 is 11.3 Å². The van der Waals surface area contributed by atoms with Crippen molar-refractivity contribution >= 4 is 0 Å². The van der Waals surface area contributed by atoms with Crippen LogP contribution in [0.2, 0.25) is 0 Å². The normalized spacial score (nSPS) is 22.0. The molecule has 0 heterocycles. The Kier molecular flexibility index (Phi) is 5.07. The van der Waals surface area contributed by atoms with Crippen LogP contribution in [0.4, 0.5) is 0 Å². The first kappa shape index (κ1) is 16.5. The van der Waals surface area contributed by atoms with Crippen LogP contribution in [0.25, 0.3) is 0 Å². The monoisotopic (exact) mass is 290 g/mol. The molecule has 1 aromatic rings. The van der Waals surface area contributed by atoms with E-state index in [0.29, 0.717) is 5.41 Å². The molecule has 0 saturated heterocycles. The lowest BCUT2D eigenvalue weighted by molar-refractivity contribution is -0.108. The van der Waals surface area contributed by atoms with Gasteiger partial charge in [0.05, 0.1) is 11.6 Å². The molecule has 3 heteroatoms. The zero-order chi connectivity index (χ0) is 15.5. The van der Waals surface area contributed by atoms with Crippen molar-refractivity contribution in [2.24, 2.45) is 11.3 Å².